The summed E-state index contributed by atoms with van der Waals surface area (Å²) < 4.78 is 39.3. The molecule has 1 aliphatic heterocycles. The summed E-state index contributed by atoms with van der Waals surface area (Å²) in [6.45, 7) is 0.392. The summed E-state index contributed by atoms with van der Waals surface area (Å²) >= 11 is 0. The van der Waals surface area contributed by atoms with Crippen LogP contribution in [-0.4, -0.2) is 56.7 Å². The molecule has 1 aliphatic carbocycles. The third-order valence-electron chi connectivity index (χ3n) is 7.04. The van der Waals surface area contributed by atoms with Gasteiger partial charge in [-0.25, -0.2) is 4.68 Å². The van der Waals surface area contributed by atoms with Gasteiger partial charge in [0.2, 0.25) is 5.95 Å². The number of carbonyl (C=O) groups is 1. The van der Waals surface area contributed by atoms with Gasteiger partial charge in [-0.05, 0) is 74.5 Å². The Labute approximate surface area is 216 Å². The Morgan fingerprint density at radius 2 is 1.82 bits per heavy atom. The molecule has 0 bridgehead atoms. The average Bonchev–Trinajstić information content (AvgIpc) is 3.48. The van der Waals surface area contributed by atoms with Gasteiger partial charge >= 0.3 is 6.18 Å². The summed E-state index contributed by atoms with van der Waals surface area (Å²) in [6, 6.07) is 10.5. The van der Waals surface area contributed by atoms with Gasteiger partial charge in [0, 0.05) is 22.2 Å². The summed E-state index contributed by atoms with van der Waals surface area (Å²) in [4.78, 5) is 16.9. The zero-order valence-electron chi connectivity index (χ0n) is 20.5. The predicted octanol–water partition coefficient (Wildman–Crippen LogP) is 4.66. The number of benzene rings is 2. The zero-order chi connectivity index (χ0) is 26.3. The number of rotatable bonds is 7. The van der Waals surface area contributed by atoms with Crippen molar-refractivity contribution in [2.24, 2.45) is 0 Å². The number of hydrogen-bond acceptors (Lipinski definition) is 6. The molecule has 9 nitrogen and oxygen atoms in total. The second-order valence-electron chi connectivity index (χ2n) is 9.82. The van der Waals surface area contributed by atoms with Crippen molar-refractivity contribution in [3.8, 4) is 11.4 Å². The lowest BCUT2D eigenvalue weighted by Crippen LogP contribution is -2.33. The molecule has 2 aromatic carbocycles. The smallest absolute Gasteiger partial charge is 0.343 e. The Morgan fingerprint density at radius 3 is 2.53 bits per heavy atom. The summed E-state index contributed by atoms with van der Waals surface area (Å²) in [6.07, 6.45) is 1.48. The number of H-pyrrole nitrogens is 1. The first-order valence-electron chi connectivity index (χ1n) is 12.7. The van der Waals surface area contributed by atoms with Crippen LogP contribution < -0.4 is 16.0 Å². The topological polar surface area (TPSA) is 113 Å². The minimum Gasteiger partial charge on any atom is -0.343 e. The molecular formula is C26H27F3N8O. The molecule has 3 heterocycles. The van der Waals surface area contributed by atoms with E-state index in [-0.39, 0.29) is 11.6 Å². The monoisotopic (exact) mass is 524 g/mol. The lowest BCUT2D eigenvalue weighted by molar-refractivity contribution is -0.123. The fourth-order valence-electron chi connectivity index (χ4n) is 4.97. The molecule has 0 unspecified atom stereocenters. The molecule has 2 aliphatic rings. The van der Waals surface area contributed by atoms with Crippen molar-refractivity contribution in [1.82, 2.24) is 35.6 Å². The maximum absolute atomic E-state index is 12.5. The Kier molecular flexibility index (Phi) is 6.26. The van der Waals surface area contributed by atoms with Crippen molar-refractivity contribution >= 4 is 28.4 Å². The van der Waals surface area contributed by atoms with Crippen LogP contribution in [0.25, 0.3) is 22.3 Å². The highest BCUT2D eigenvalue weighted by Gasteiger charge is 2.30. The summed E-state index contributed by atoms with van der Waals surface area (Å²) in [5.74, 6) is 0.797. The summed E-state index contributed by atoms with van der Waals surface area (Å²) in [7, 11) is 0. The van der Waals surface area contributed by atoms with E-state index >= 15 is 0 Å². The largest absolute Gasteiger partial charge is 0.405 e. The maximum atomic E-state index is 12.5. The molecule has 198 valence electrons. The van der Waals surface area contributed by atoms with Crippen molar-refractivity contribution < 1.29 is 18.0 Å². The first-order valence-corrected chi connectivity index (χ1v) is 12.7. The molecule has 4 N–H and O–H groups in total. The highest BCUT2D eigenvalue weighted by atomic mass is 19.4. The third kappa shape index (κ3) is 5.08. The average molecular weight is 525 g/mol. The predicted molar refractivity (Wildman–Crippen MR) is 136 cm³/mol. The second-order valence-corrected chi connectivity index (χ2v) is 9.82. The van der Waals surface area contributed by atoms with Gasteiger partial charge in [-0.3, -0.25) is 9.89 Å². The van der Waals surface area contributed by atoms with Crippen LogP contribution in [0.2, 0.25) is 0 Å². The normalized spacial score (nSPS) is 16.6. The molecular weight excluding hydrogens is 497 g/mol. The minimum absolute atomic E-state index is 0.136. The van der Waals surface area contributed by atoms with Crippen LogP contribution in [0.3, 0.4) is 0 Å². The van der Waals surface area contributed by atoms with Gasteiger partial charge in [0.25, 0.3) is 5.91 Å². The van der Waals surface area contributed by atoms with Crippen molar-refractivity contribution in [3.63, 3.8) is 0 Å². The van der Waals surface area contributed by atoms with E-state index in [4.69, 9.17) is 10.1 Å². The Balaban J connectivity index is 1.31. The van der Waals surface area contributed by atoms with Crippen LogP contribution in [-0.2, 0) is 0 Å². The van der Waals surface area contributed by atoms with E-state index < -0.39 is 18.6 Å². The van der Waals surface area contributed by atoms with Gasteiger partial charge in [-0.2, -0.15) is 23.3 Å². The van der Waals surface area contributed by atoms with E-state index in [0.717, 1.165) is 55.4 Å². The SMILES string of the molecule is O=C(NCC(F)(F)F)c1ccc(-c2nc(Nc3ccc4[nH]ncc4c3C3CC3)n(C3CCNCC3)n2)cc1. The maximum Gasteiger partial charge on any atom is 0.405 e. The zero-order valence-corrected chi connectivity index (χ0v) is 20.5. The molecule has 1 saturated carbocycles. The second kappa shape index (κ2) is 9.75. The summed E-state index contributed by atoms with van der Waals surface area (Å²) in [5.41, 5.74) is 4.01. The van der Waals surface area contributed by atoms with Crippen LogP contribution in [0.1, 0.15) is 53.6 Å². The van der Waals surface area contributed by atoms with Crippen LogP contribution in [0.4, 0.5) is 24.8 Å². The van der Waals surface area contributed by atoms with Crippen LogP contribution in [0.15, 0.2) is 42.6 Å². The van der Waals surface area contributed by atoms with Crippen LogP contribution >= 0.6 is 0 Å². The number of aromatic amines is 1. The number of fused-ring (bicyclic) bond motifs is 1. The van der Waals surface area contributed by atoms with Gasteiger partial charge in [0.15, 0.2) is 5.82 Å². The Morgan fingerprint density at radius 1 is 1.05 bits per heavy atom. The summed E-state index contributed by atoms with van der Waals surface area (Å²) in [5, 5.41) is 22.0. The third-order valence-corrected chi connectivity index (χ3v) is 7.04. The molecule has 12 heteroatoms. The number of nitrogens with one attached hydrogen (secondary N) is 4. The molecule has 0 spiro atoms. The molecule has 2 fully saturated rings. The Bertz CT molecular complexity index is 1450. The fourth-order valence-corrected chi connectivity index (χ4v) is 4.97. The van der Waals surface area contributed by atoms with Gasteiger partial charge in [0.1, 0.15) is 6.54 Å². The highest BCUT2D eigenvalue weighted by Crippen LogP contribution is 2.47. The van der Waals surface area contributed by atoms with E-state index in [9.17, 15) is 18.0 Å². The first-order chi connectivity index (χ1) is 18.4. The number of piperidine rings is 1. The standard InChI is InChI=1S/C26H27F3N8O/c27-26(28,29)14-31-24(38)17-5-3-16(4-6-17)23-34-25(37(36-23)18-9-11-30-12-10-18)33-21-8-7-20-19(13-32-35-20)22(21)15-1-2-15/h3-8,13,15,18,30H,1-2,9-12,14H2,(H,31,38)(H,32,35)(H,33,34,36). The van der Waals surface area contributed by atoms with Crippen molar-refractivity contribution in [2.45, 2.75) is 43.8 Å². The number of anilines is 2. The fraction of sp³-hybridized carbons (Fsp3) is 0.385. The lowest BCUT2D eigenvalue weighted by Gasteiger charge is -2.24. The van der Waals surface area contributed by atoms with Crippen LogP contribution in [0, 0.1) is 0 Å². The number of halogens is 3. The van der Waals surface area contributed by atoms with Gasteiger partial charge in [-0.15, -0.1) is 5.10 Å². The van der Waals surface area contributed by atoms with Gasteiger partial charge in [0.05, 0.1) is 17.8 Å². The van der Waals surface area contributed by atoms with Crippen molar-refractivity contribution in [1.29, 1.82) is 0 Å². The van der Waals surface area contributed by atoms with Crippen molar-refractivity contribution in [2.75, 3.05) is 25.0 Å². The number of aromatic nitrogens is 5. The van der Waals surface area contributed by atoms with E-state index in [2.05, 4.69) is 20.8 Å². The van der Waals surface area contributed by atoms with E-state index in [0.29, 0.717) is 23.3 Å². The number of hydrogen-bond donors (Lipinski definition) is 4. The molecule has 1 amide bonds. The molecule has 2 aromatic heterocycles. The lowest BCUT2D eigenvalue weighted by atomic mass is 10.0. The van der Waals surface area contributed by atoms with Gasteiger partial charge in [-0.1, -0.05) is 12.1 Å². The number of carbonyl (C=O) groups excluding carboxylic acids is 1. The minimum atomic E-state index is -4.47. The molecule has 4 aromatic rings. The molecule has 6 rings (SSSR count). The first kappa shape index (κ1) is 24.4. The molecule has 1 saturated heterocycles. The van der Waals surface area contributed by atoms with Crippen LogP contribution in [0.5, 0.6) is 0 Å². The molecule has 0 radical (unpaired) electrons. The van der Waals surface area contributed by atoms with Gasteiger partial charge < -0.3 is 16.0 Å². The van der Waals surface area contributed by atoms with E-state index in [1.165, 1.54) is 17.7 Å². The number of nitrogens with zero attached hydrogens (tertiary/aromatic N) is 4. The van der Waals surface area contributed by atoms with E-state index in [1.807, 2.05) is 28.3 Å². The number of amides is 1. The quantitative estimate of drug-likeness (QED) is 0.280. The van der Waals surface area contributed by atoms with E-state index in [1.54, 1.807) is 12.1 Å². The number of alkyl halides is 3. The molecule has 0 atom stereocenters. The highest BCUT2D eigenvalue weighted by molar-refractivity contribution is 5.94. The Hall–Kier alpha value is -3.93. The molecule has 38 heavy (non-hydrogen) atoms. The van der Waals surface area contributed by atoms with Crippen molar-refractivity contribution in [3.05, 3.63) is 53.7 Å².